The van der Waals surface area contributed by atoms with E-state index in [1.165, 1.54) is 11.1 Å². The molecule has 0 spiro atoms. The monoisotopic (exact) mass is 400 g/mol. The van der Waals surface area contributed by atoms with Gasteiger partial charge in [0.2, 0.25) is 0 Å². The number of hydrogen-bond donors (Lipinski definition) is 0. The lowest BCUT2D eigenvalue weighted by Gasteiger charge is -2.35. The van der Waals surface area contributed by atoms with Gasteiger partial charge in [-0.3, -0.25) is 4.90 Å². The van der Waals surface area contributed by atoms with Crippen LogP contribution < -0.4 is 4.74 Å². The number of amides is 1. The van der Waals surface area contributed by atoms with E-state index in [-0.39, 0.29) is 18.5 Å². The van der Waals surface area contributed by atoms with Gasteiger partial charge in [-0.25, -0.2) is 4.79 Å². The van der Waals surface area contributed by atoms with E-state index in [1.807, 2.05) is 19.1 Å². The Bertz CT molecular complexity index is 671. The summed E-state index contributed by atoms with van der Waals surface area (Å²) in [4.78, 5) is 16.0. The second-order valence-electron chi connectivity index (χ2n) is 6.41. The van der Waals surface area contributed by atoms with Crippen LogP contribution in [0.15, 0.2) is 17.7 Å². The number of piperazine rings is 1. The third-order valence-corrected chi connectivity index (χ3v) is 5.18. The zero-order valence-corrected chi connectivity index (χ0v) is 16.9. The molecule has 1 aromatic carbocycles. The Labute approximate surface area is 166 Å². The minimum atomic E-state index is -0.202. The summed E-state index contributed by atoms with van der Waals surface area (Å²) in [6.07, 6.45) is 3.98. The Kier molecular flexibility index (Phi) is 7.62. The van der Waals surface area contributed by atoms with Crippen LogP contribution >= 0.6 is 24.0 Å². The molecule has 144 valence electrons. The molecule has 0 saturated carbocycles. The van der Waals surface area contributed by atoms with Crippen LogP contribution in [0.2, 0.25) is 5.02 Å². The first kappa shape index (κ1) is 20.9. The van der Waals surface area contributed by atoms with Crippen molar-refractivity contribution < 1.29 is 14.3 Å². The number of benzene rings is 1. The Balaban J connectivity index is 0.00000243. The first-order chi connectivity index (χ1) is 12.1. The van der Waals surface area contributed by atoms with Crippen molar-refractivity contribution in [3.05, 3.63) is 33.9 Å². The maximum absolute atomic E-state index is 11.8. The molecule has 1 aliphatic heterocycles. The van der Waals surface area contributed by atoms with Gasteiger partial charge in [-0.1, -0.05) is 23.3 Å². The number of carbonyl (C=O) groups excluding carboxylic acids is 1. The van der Waals surface area contributed by atoms with Gasteiger partial charge >= 0.3 is 6.09 Å². The predicted molar refractivity (Wildman–Crippen MR) is 107 cm³/mol. The van der Waals surface area contributed by atoms with Gasteiger partial charge in [-0.05, 0) is 37.5 Å². The van der Waals surface area contributed by atoms with Crippen molar-refractivity contribution >= 4 is 36.2 Å². The van der Waals surface area contributed by atoms with Crippen LogP contribution in [0, 0.1) is 0 Å². The van der Waals surface area contributed by atoms with Gasteiger partial charge in [0.1, 0.15) is 5.75 Å². The van der Waals surface area contributed by atoms with Crippen LogP contribution in [0.3, 0.4) is 0 Å². The fourth-order valence-corrected chi connectivity index (χ4v) is 3.73. The van der Waals surface area contributed by atoms with Crippen LogP contribution in [0.4, 0.5) is 4.79 Å². The zero-order chi connectivity index (χ0) is 17.8. The lowest BCUT2D eigenvalue weighted by molar-refractivity contribution is 0.0818. The highest BCUT2D eigenvalue weighted by Gasteiger charge is 2.24. The smallest absolute Gasteiger partial charge is 0.409 e. The average molecular weight is 401 g/mol. The van der Waals surface area contributed by atoms with Crippen molar-refractivity contribution in [3.8, 4) is 5.75 Å². The highest BCUT2D eigenvalue weighted by molar-refractivity contribution is 6.32. The molecule has 0 N–H and O–H groups in total. The molecule has 0 radical (unpaired) electrons. The van der Waals surface area contributed by atoms with Gasteiger partial charge in [0.25, 0.3) is 0 Å². The second-order valence-corrected chi connectivity index (χ2v) is 6.81. The van der Waals surface area contributed by atoms with Crippen LogP contribution in [-0.4, -0.2) is 62.3 Å². The number of methoxy groups -OCH3 is 1. The molecule has 1 fully saturated rings. The van der Waals surface area contributed by atoms with Gasteiger partial charge in [0, 0.05) is 43.3 Å². The number of carbonyl (C=O) groups is 1. The van der Waals surface area contributed by atoms with Crippen LogP contribution in [-0.2, 0) is 11.2 Å². The topological polar surface area (TPSA) is 42.0 Å². The Hall–Kier alpha value is -1.43. The zero-order valence-electron chi connectivity index (χ0n) is 15.3. The average Bonchev–Trinajstić information content (AvgIpc) is 2.63. The van der Waals surface area contributed by atoms with Crippen molar-refractivity contribution in [3.63, 3.8) is 0 Å². The minimum absolute atomic E-state index is 0. The summed E-state index contributed by atoms with van der Waals surface area (Å²) >= 11 is 6.39. The predicted octanol–water partition coefficient (Wildman–Crippen LogP) is 3.87. The first-order valence-corrected chi connectivity index (χ1v) is 9.19. The molecule has 0 unspecified atom stereocenters. The molecule has 3 rings (SSSR count). The molecule has 1 amide bonds. The summed E-state index contributed by atoms with van der Waals surface area (Å²) < 4.78 is 10.5. The van der Waals surface area contributed by atoms with E-state index in [1.54, 1.807) is 12.0 Å². The van der Waals surface area contributed by atoms with Crippen LogP contribution in [0.5, 0.6) is 5.75 Å². The quantitative estimate of drug-likeness (QED) is 0.768. The van der Waals surface area contributed by atoms with Crippen molar-refractivity contribution in [2.75, 3.05) is 46.4 Å². The number of fused-ring (bicyclic) bond motifs is 1. The summed E-state index contributed by atoms with van der Waals surface area (Å²) in [5, 5.41) is 0.778. The largest absolute Gasteiger partial charge is 0.496 e. The number of ether oxygens (including phenoxy) is 2. The Morgan fingerprint density at radius 2 is 1.92 bits per heavy atom. The van der Waals surface area contributed by atoms with E-state index >= 15 is 0 Å². The van der Waals surface area contributed by atoms with Crippen LogP contribution in [0.25, 0.3) is 6.08 Å². The maximum Gasteiger partial charge on any atom is 0.409 e. The molecule has 5 nitrogen and oxygen atoms in total. The third-order valence-electron chi connectivity index (χ3n) is 4.85. The molecule has 0 bridgehead atoms. The highest BCUT2D eigenvalue weighted by atomic mass is 35.5. The highest BCUT2D eigenvalue weighted by Crippen LogP contribution is 2.36. The molecule has 26 heavy (non-hydrogen) atoms. The maximum atomic E-state index is 11.8. The van der Waals surface area contributed by atoms with Gasteiger partial charge in [-0.15, -0.1) is 12.4 Å². The third kappa shape index (κ3) is 4.64. The molecule has 0 atom stereocenters. The number of halogens is 2. The fourth-order valence-electron chi connectivity index (χ4n) is 3.50. The molecule has 2 aliphatic rings. The summed E-state index contributed by atoms with van der Waals surface area (Å²) in [7, 11) is 1.70. The Morgan fingerprint density at radius 3 is 2.58 bits per heavy atom. The van der Waals surface area contributed by atoms with E-state index in [2.05, 4.69) is 11.0 Å². The molecular weight excluding hydrogens is 375 g/mol. The normalized spacial score (nSPS) is 17.0. The SMILES string of the molecule is CCOC(=O)N1CCN(CC2=Cc3c(Cl)ccc(OC)c3CC2)CC1.Cl. The van der Waals surface area contributed by atoms with E-state index in [4.69, 9.17) is 21.1 Å². The molecule has 1 aliphatic carbocycles. The van der Waals surface area contributed by atoms with E-state index in [0.29, 0.717) is 6.61 Å². The van der Waals surface area contributed by atoms with Crippen LogP contribution in [0.1, 0.15) is 24.5 Å². The molecule has 1 heterocycles. The second kappa shape index (κ2) is 9.49. The molecule has 7 heteroatoms. The first-order valence-electron chi connectivity index (χ1n) is 8.81. The fraction of sp³-hybridized carbons (Fsp3) is 0.526. The standard InChI is InChI=1S/C19H25ClN2O3.ClH/c1-3-25-19(23)22-10-8-21(9-11-22)13-14-4-5-15-16(12-14)17(20)6-7-18(15)24-2;/h6-7,12H,3-5,8-11,13H2,1-2H3;1H. The molecule has 0 aromatic heterocycles. The van der Waals surface area contributed by atoms with E-state index in [9.17, 15) is 4.79 Å². The van der Waals surface area contributed by atoms with E-state index < -0.39 is 0 Å². The molecule has 1 saturated heterocycles. The summed E-state index contributed by atoms with van der Waals surface area (Å²) in [5.74, 6) is 0.915. The number of hydrogen-bond acceptors (Lipinski definition) is 4. The van der Waals surface area contributed by atoms with Gasteiger partial charge in [0.15, 0.2) is 0 Å². The Morgan fingerprint density at radius 1 is 1.19 bits per heavy atom. The van der Waals surface area contributed by atoms with Gasteiger partial charge in [-0.2, -0.15) is 0 Å². The minimum Gasteiger partial charge on any atom is -0.496 e. The molecule has 1 aromatic rings. The lowest BCUT2D eigenvalue weighted by atomic mass is 9.91. The number of nitrogens with zero attached hydrogens (tertiary/aromatic N) is 2. The van der Waals surface area contributed by atoms with Gasteiger partial charge < -0.3 is 14.4 Å². The van der Waals surface area contributed by atoms with Gasteiger partial charge in [0.05, 0.1) is 13.7 Å². The summed E-state index contributed by atoms with van der Waals surface area (Å²) in [5.41, 5.74) is 3.67. The van der Waals surface area contributed by atoms with Crippen molar-refractivity contribution in [2.45, 2.75) is 19.8 Å². The van der Waals surface area contributed by atoms with Crippen molar-refractivity contribution in [1.29, 1.82) is 0 Å². The summed E-state index contributed by atoms with van der Waals surface area (Å²) in [6, 6.07) is 3.84. The van der Waals surface area contributed by atoms with E-state index in [0.717, 1.165) is 61.9 Å². The van der Waals surface area contributed by atoms with Crippen molar-refractivity contribution in [1.82, 2.24) is 9.80 Å². The lowest BCUT2D eigenvalue weighted by Crippen LogP contribution is -2.49. The molecular formula is C19H26Cl2N2O3. The number of rotatable bonds is 4. The van der Waals surface area contributed by atoms with Crippen molar-refractivity contribution in [2.24, 2.45) is 0 Å². The summed E-state index contributed by atoms with van der Waals surface area (Å²) in [6.45, 7) is 6.36.